The summed E-state index contributed by atoms with van der Waals surface area (Å²) in [4.78, 5) is 35.1. The minimum absolute atomic E-state index is 0.0759. The number of H-pyrrole nitrogens is 1. The summed E-state index contributed by atoms with van der Waals surface area (Å²) in [5, 5.41) is 5.02. The highest BCUT2D eigenvalue weighted by atomic mass is 19.2. The standard InChI is InChI=1S/C21H17F2N5O3/c1-3-15-18(31-11(2)29)21(30)26-19(25-15)17-13-7-5-9-24-20(13)28(27-17)10-12-6-4-8-14(22)16(12)23/h4-9H,3,10H2,1-2H3,(H,25,26,30). The summed E-state index contributed by atoms with van der Waals surface area (Å²) in [5.41, 5.74) is 0.478. The maximum Gasteiger partial charge on any atom is 0.308 e. The Kier molecular flexibility index (Phi) is 5.28. The highest BCUT2D eigenvalue weighted by Gasteiger charge is 2.20. The third kappa shape index (κ3) is 3.79. The molecule has 1 aromatic carbocycles. The van der Waals surface area contributed by atoms with Crippen molar-refractivity contribution in [2.75, 3.05) is 0 Å². The lowest BCUT2D eigenvalue weighted by Gasteiger charge is -2.07. The molecule has 0 saturated heterocycles. The second-order valence-electron chi connectivity index (χ2n) is 6.73. The van der Waals surface area contributed by atoms with E-state index in [1.807, 2.05) is 0 Å². The van der Waals surface area contributed by atoms with Gasteiger partial charge in [-0.15, -0.1) is 0 Å². The second kappa shape index (κ2) is 8.05. The number of aryl methyl sites for hydroxylation is 1. The second-order valence-corrected chi connectivity index (χ2v) is 6.73. The number of pyridine rings is 1. The molecular formula is C21H17F2N5O3. The van der Waals surface area contributed by atoms with E-state index in [9.17, 15) is 18.4 Å². The number of carbonyl (C=O) groups excluding carboxylic acids is 1. The van der Waals surface area contributed by atoms with Gasteiger partial charge in [-0.05, 0) is 24.6 Å². The van der Waals surface area contributed by atoms with Gasteiger partial charge < -0.3 is 9.72 Å². The van der Waals surface area contributed by atoms with E-state index in [0.29, 0.717) is 23.1 Å². The van der Waals surface area contributed by atoms with E-state index in [2.05, 4.69) is 20.1 Å². The van der Waals surface area contributed by atoms with Crippen LogP contribution >= 0.6 is 0 Å². The predicted octanol–water partition coefficient (Wildman–Crippen LogP) is 3.00. The van der Waals surface area contributed by atoms with Crippen LogP contribution < -0.4 is 10.3 Å². The highest BCUT2D eigenvalue weighted by molar-refractivity contribution is 5.89. The van der Waals surface area contributed by atoms with Crippen molar-refractivity contribution in [3.63, 3.8) is 0 Å². The molecule has 0 bridgehead atoms. The number of benzene rings is 1. The lowest BCUT2D eigenvalue weighted by Crippen LogP contribution is -2.19. The number of nitrogens with zero attached hydrogens (tertiary/aromatic N) is 4. The van der Waals surface area contributed by atoms with Crippen LogP contribution in [0.15, 0.2) is 41.3 Å². The fraction of sp³-hybridized carbons (Fsp3) is 0.190. The number of rotatable bonds is 5. The van der Waals surface area contributed by atoms with E-state index < -0.39 is 23.2 Å². The molecule has 0 atom stereocenters. The number of fused-ring (bicyclic) bond motifs is 1. The molecule has 0 amide bonds. The molecule has 0 saturated carbocycles. The van der Waals surface area contributed by atoms with Crippen LogP contribution in [0.4, 0.5) is 8.78 Å². The van der Waals surface area contributed by atoms with Gasteiger partial charge in [0.05, 0.1) is 17.6 Å². The zero-order chi connectivity index (χ0) is 22.1. The zero-order valence-corrected chi connectivity index (χ0v) is 16.6. The molecule has 0 aliphatic rings. The Labute approximate surface area is 174 Å². The first-order valence-electron chi connectivity index (χ1n) is 9.45. The molecule has 158 valence electrons. The van der Waals surface area contributed by atoms with Crippen molar-refractivity contribution in [3.8, 4) is 17.3 Å². The maximum atomic E-state index is 14.2. The summed E-state index contributed by atoms with van der Waals surface area (Å²) < 4.78 is 34.2. The highest BCUT2D eigenvalue weighted by Crippen LogP contribution is 2.26. The van der Waals surface area contributed by atoms with E-state index in [1.54, 1.807) is 25.3 Å². The van der Waals surface area contributed by atoms with Crippen LogP contribution in [-0.2, 0) is 17.8 Å². The summed E-state index contributed by atoms with van der Waals surface area (Å²) in [6.45, 7) is 2.89. The first kappa shape index (κ1) is 20.3. The molecule has 0 fully saturated rings. The minimum atomic E-state index is -0.964. The number of carbonyl (C=O) groups is 1. The van der Waals surface area contributed by atoms with Crippen molar-refractivity contribution in [3.05, 3.63) is 69.8 Å². The fourth-order valence-electron chi connectivity index (χ4n) is 3.24. The first-order chi connectivity index (χ1) is 14.9. The Morgan fingerprint density at radius 2 is 2.03 bits per heavy atom. The van der Waals surface area contributed by atoms with Crippen molar-refractivity contribution in [2.45, 2.75) is 26.8 Å². The maximum absolute atomic E-state index is 14.2. The average molecular weight is 425 g/mol. The van der Waals surface area contributed by atoms with Gasteiger partial charge in [-0.1, -0.05) is 19.1 Å². The number of esters is 1. The molecule has 4 aromatic rings. The summed E-state index contributed by atoms with van der Waals surface area (Å²) in [6, 6.07) is 7.32. The quantitative estimate of drug-likeness (QED) is 0.493. The number of ether oxygens (including phenoxy) is 1. The number of halogens is 2. The summed E-state index contributed by atoms with van der Waals surface area (Å²) in [5.74, 6) is -2.57. The molecule has 3 heterocycles. The van der Waals surface area contributed by atoms with Crippen LogP contribution in [0.25, 0.3) is 22.6 Å². The van der Waals surface area contributed by atoms with Gasteiger partial charge in [0.2, 0.25) is 5.75 Å². The molecule has 3 aromatic heterocycles. The van der Waals surface area contributed by atoms with Crippen molar-refractivity contribution < 1.29 is 18.3 Å². The molecule has 0 aliphatic carbocycles. The van der Waals surface area contributed by atoms with Crippen molar-refractivity contribution >= 4 is 17.0 Å². The van der Waals surface area contributed by atoms with Gasteiger partial charge in [0.15, 0.2) is 23.1 Å². The van der Waals surface area contributed by atoms with Crippen LogP contribution in [0, 0.1) is 11.6 Å². The number of hydrogen-bond acceptors (Lipinski definition) is 6. The van der Waals surface area contributed by atoms with Gasteiger partial charge in [0.25, 0.3) is 5.56 Å². The molecule has 4 rings (SSSR count). The normalized spacial score (nSPS) is 11.1. The van der Waals surface area contributed by atoms with E-state index in [4.69, 9.17) is 4.74 Å². The van der Waals surface area contributed by atoms with Crippen molar-refractivity contribution in [1.29, 1.82) is 0 Å². The minimum Gasteiger partial charge on any atom is -0.419 e. The summed E-state index contributed by atoms with van der Waals surface area (Å²) in [7, 11) is 0. The van der Waals surface area contributed by atoms with E-state index >= 15 is 0 Å². The van der Waals surface area contributed by atoms with Crippen molar-refractivity contribution in [2.24, 2.45) is 0 Å². The number of aromatic nitrogens is 5. The first-order valence-corrected chi connectivity index (χ1v) is 9.45. The van der Waals surface area contributed by atoms with Crippen LogP contribution in [-0.4, -0.2) is 30.7 Å². The van der Waals surface area contributed by atoms with Crippen LogP contribution in [0.1, 0.15) is 25.1 Å². The molecule has 0 aliphatic heterocycles. The van der Waals surface area contributed by atoms with E-state index in [-0.39, 0.29) is 29.4 Å². The SMILES string of the molecule is CCc1nc(-c2nn(Cc3cccc(F)c3F)c3ncccc23)[nH]c(=O)c1OC(C)=O. The molecule has 8 nitrogen and oxygen atoms in total. The topological polar surface area (TPSA) is 103 Å². The lowest BCUT2D eigenvalue weighted by molar-refractivity contribution is -0.132. The Hall–Kier alpha value is -3.95. The number of nitrogens with one attached hydrogen (secondary N) is 1. The van der Waals surface area contributed by atoms with Gasteiger partial charge in [-0.25, -0.2) is 23.4 Å². The third-order valence-electron chi connectivity index (χ3n) is 4.61. The largest absolute Gasteiger partial charge is 0.419 e. The Morgan fingerprint density at radius 3 is 2.77 bits per heavy atom. The average Bonchev–Trinajstić information content (AvgIpc) is 3.11. The monoisotopic (exact) mass is 425 g/mol. The predicted molar refractivity (Wildman–Crippen MR) is 108 cm³/mol. The molecule has 0 unspecified atom stereocenters. The fourth-order valence-corrected chi connectivity index (χ4v) is 3.24. The van der Waals surface area contributed by atoms with Gasteiger partial charge >= 0.3 is 5.97 Å². The van der Waals surface area contributed by atoms with Gasteiger partial charge in [-0.3, -0.25) is 9.59 Å². The molecule has 0 radical (unpaired) electrons. The zero-order valence-electron chi connectivity index (χ0n) is 16.6. The lowest BCUT2D eigenvalue weighted by atomic mass is 10.2. The van der Waals surface area contributed by atoms with Gasteiger partial charge in [-0.2, -0.15) is 5.10 Å². The summed E-state index contributed by atoms with van der Waals surface area (Å²) >= 11 is 0. The molecule has 10 heteroatoms. The van der Waals surface area contributed by atoms with Gasteiger partial charge in [0, 0.05) is 18.7 Å². The molecule has 31 heavy (non-hydrogen) atoms. The Bertz CT molecular complexity index is 1360. The molecule has 1 N–H and O–H groups in total. The van der Waals surface area contributed by atoms with Crippen LogP contribution in [0.2, 0.25) is 0 Å². The third-order valence-corrected chi connectivity index (χ3v) is 4.61. The number of hydrogen-bond donors (Lipinski definition) is 1. The Morgan fingerprint density at radius 1 is 1.23 bits per heavy atom. The van der Waals surface area contributed by atoms with Gasteiger partial charge in [0.1, 0.15) is 5.69 Å². The van der Waals surface area contributed by atoms with Crippen LogP contribution in [0.5, 0.6) is 5.75 Å². The van der Waals surface area contributed by atoms with Crippen molar-refractivity contribution in [1.82, 2.24) is 24.7 Å². The van der Waals surface area contributed by atoms with Crippen LogP contribution in [0.3, 0.4) is 0 Å². The van der Waals surface area contributed by atoms with E-state index in [1.165, 1.54) is 23.7 Å². The smallest absolute Gasteiger partial charge is 0.308 e. The molecular weight excluding hydrogens is 408 g/mol. The van der Waals surface area contributed by atoms with E-state index in [0.717, 1.165) is 6.07 Å². The molecule has 0 spiro atoms. The Balaban J connectivity index is 1.86. The summed E-state index contributed by atoms with van der Waals surface area (Å²) in [6.07, 6.45) is 1.88. The number of aromatic amines is 1.